The van der Waals surface area contributed by atoms with Crippen molar-refractivity contribution in [3.05, 3.63) is 48.0 Å². The summed E-state index contributed by atoms with van der Waals surface area (Å²) >= 11 is 0. The maximum Gasteiger partial charge on any atom is 0.170 e. The Morgan fingerprint density at radius 2 is 2.28 bits per heavy atom. The summed E-state index contributed by atoms with van der Waals surface area (Å²) in [5.41, 5.74) is 1.64. The normalized spacial score (nSPS) is 18.3. The zero-order chi connectivity index (χ0) is 12.5. The highest BCUT2D eigenvalue weighted by Crippen LogP contribution is 2.34. The van der Waals surface area contributed by atoms with E-state index in [4.69, 9.17) is 4.74 Å². The molecule has 1 aromatic heterocycles. The molecule has 2 heterocycles. The predicted molar refractivity (Wildman–Crippen MR) is 66.7 cm³/mol. The van der Waals surface area contributed by atoms with Gasteiger partial charge in [-0.05, 0) is 19.1 Å². The number of aryl methyl sites for hydroxylation is 1. The van der Waals surface area contributed by atoms with E-state index in [2.05, 4.69) is 4.98 Å². The number of benzene rings is 1. The van der Waals surface area contributed by atoms with E-state index in [1.54, 1.807) is 12.5 Å². The first-order valence-electron chi connectivity index (χ1n) is 6.08. The maximum absolute atomic E-state index is 12.1. The molecule has 3 rings (SSSR count). The van der Waals surface area contributed by atoms with Gasteiger partial charge in [0, 0.05) is 6.54 Å². The number of nitrogens with zero attached hydrogens (tertiary/aromatic N) is 2. The fourth-order valence-corrected chi connectivity index (χ4v) is 2.30. The van der Waals surface area contributed by atoms with Crippen molar-refractivity contribution in [2.24, 2.45) is 0 Å². The molecule has 0 fully saturated rings. The van der Waals surface area contributed by atoms with E-state index in [1.165, 1.54) is 0 Å². The van der Waals surface area contributed by atoms with Gasteiger partial charge in [-0.2, -0.15) is 0 Å². The number of Topliss-reactive ketones (excluding diaryl/α,β-unsaturated/α-hetero) is 1. The third-order valence-corrected chi connectivity index (χ3v) is 3.24. The SMILES string of the molecule is CCn1cncc1C1CC(=O)c2ccccc2O1. The molecule has 0 saturated carbocycles. The van der Waals surface area contributed by atoms with E-state index < -0.39 is 0 Å². The fraction of sp³-hybridized carbons (Fsp3) is 0.286. The maximum atomic E-state index is 12.1. The first kappa shape index (κ1) is 11.0. The number of para-hydroxylation sites is 1. The molecule has 0 bridgehead atoms. The molecule has 1 aromatic carbocycles. The van der Waals surface area contributed by atoms with Crippen molar-refractivity contribution in [2.75, 3.05) is 0 Å². The molecule has 1 aliphatic rings. The summed E-state index contributed by atoms with van der Waals surface area (Å²) < 4.78 is 7.91. The van der Waals surface area contributed by atoms with Gasteiger partial charge >= 0.3 is 0 Å². The van der Waals surface area contributed by atoms with E-state index in [1.807, 2.05) is 35.8 Å². The Labute approximate surface area is 105 Å². The van der Waals surface area contributed by atoms with Gasteiger partial charge in [0.25, 0.3) is 0 Å². The first-order valence-corrected chi connectivity index (χ1v) is 6.08. The molecule has 0 radical (unpaired) electrons. The van der Waals surface area contributed by atoms with Crippen molar-refractivity contribution >= 4 is 5.78 Å². The number of carbonyl (C=O) groups is 1. The third-order valence-electron chi connectivity index (χ3n) is 3.24. The highest BCUT2D eigenvalue weighted by atomic mass is 16.5. The molecule has 92 valence electrons. The topological polar surface area (TPSA) is 44.1 Å². The Kier molecular flexibility index (Phi) is 2.63. The van der Waals surface area contributed by atoms with Crippen molar-refractivity contribution < 1.29 is 9.53 Å². The second-order valence-electron chi connectivity index (χ2n) is 4.33. The second kappa shape index (κ2) is 4.29. The predicted octanol–water partition coefficient (Wildman–Crippen LogP) is 2.61. The summed E-state index contributed by atoms with van der Waals surface area (Å²) in [5.74, 6) is 0.799. The molecule has 1 unspecified atom stereocenters. The van der Waals surface area contributed by atoms with Gasteiger partial charge in [0.2, 0.25) is 0 Å². The highest BCUT2D eigenvalue weighted by molar-refractivity contribution is 5.99. The minimum atomic E-state index is -0.227. The van der Waals surface area contributed by atoms with Crippen LogP contribution in [-0.2, 0) is 6.54 Å². The quantitative estimate of drug-likeness (QED) is 0.813. The lowest BCUT2D eigenvalue weighted by Gasteiger charge is -2.25. The number of ketones is 1. The average molecular weight is 242 g/mol. The zero-order valence-electron chi connectivity index (χ0n) is 10.2. The molecule has 0 amide bonds. The van der Waals surface area contributed by atoms with Crippen LogP contribution in [-0.4, -0.2) is 15.3 Å². The highest BCUT2D eigenvalue weighted by Gasteiger charge is 2.28. The van der Waals surface area contributed by atoms with Crippen molar-refractivity contribution in [3.8, 4) is 5.75 Å². The molecule has 1 atom stereocenters. The molecule has 18 heavy (non-hydrogen) atoms. The number of fused-ring (bicyclic) bond motifs is 1. The third kappa shape index (κ3) is 1.70. The van der Waals surface area contributed by atoms with Crippen LogP contribution in [0.1, 0.15) is 35.5 Å². The number of hydrogen-bond acceptors (Lipinski definition) is 3. The summed E-state index contributed by atoms with van der Waals surface area (Å²) in [7, 11) is 0. The second-order valence-corrected chi connectivity index (χ2v) is 4.33. The van der Waals surface area contributed by atoms with Crippen LogP contribution in [0.3, 0.4) is 0 Å². The summed E-state index contributed by atoms with van der Waals surface area (Å²) in [5, 5.41) is 0. The van der Waals surface area contributed by atoms with Gasteiger partial charge in [-0.1, -0.05) is 12.1 Å². The van der Waals surface area contributed by atoms with Crippen LogP contribution in [0.2, 0.25) is 0 Å². The summed E-state index contributed by atoms with van der Waals surface area (Å²) in [6.45, 7) is 2.87. The van der Waals surface area contributed by atoms with Crippen molar-refractivity contribution in [2.45, 2.75) is 26.0 Å². The van der Waals surface area contributed by atoms with Gasteiger partial charge in [0.1, 0.15) is 11.9 Å². The molecule has 0 aliphatic carbocycles. The van der Waals surface area contributed by atoms with Gasteiger partial charge in [0.15, 0.2) is 5.78 Å². The molecule has 1 aliphatic heterocycles. The summed E-state index contributed by atoms with van der Waals surface area (Å²) in [4.78, 5) is 16.2. The van der Waals surface area contributed by atoms with Crippen molar-refractivity contribution in [1.82, 2.24) is 9.55 Å². The molecule has 0 spiro atoms. The van der Waals surface area contributed by atoms with Crippen LogP contribution in [0, 0.1) is 0 Å². The van der Waals surface area contributed by atoms with Crippen LogP contribution >= 0.6 is 0 Å². The van der Waals surface area contributed by atoms with E-state index >= 15 is 0 Å². The van der Waals surface area contributed by atoms with Crippen LogP contribution in [0.4, 0.5) is 0 Å². The average Bonchev–Trinajstić information content (AvgIpc) is 2.87. The van der Waals surface area contributed by atoms with Crippen LogP contribution < -0.4 is 4.74 Å². The Morgan fingerprint density at radius 1 is 1.44 bits per heavy atom. The molecule has 0 N–H and O–H groups in total. The van der Waals surface area contributed by atoms with Gasteiger partial charge in [0.05, 0.1) is 30.2 Å². The Bertz CT molecular complexity index is 589. The van der Waals surface area contributed by atoms with Crippen LogP contribution in [0.25, 0.3) is 0 Å². The number of imidazole rings is 1. The largest absolute Gasteiger partial charge is 0.483 e. The monoisotopic (exact) mass is 242 g/mol. The Hall–Kier alpha value is -2.10. The van der Waals surface area contributed by atoms with E-state index in [-0.39, 0.29) is 11.9 Å². The lowest BCUT2D eigenvalue weighted by molar-refractivity contribution is 0.0840. The van der Waals surface area contributed by atoms with E-state index in [0.717, 1.165) is 12.2 Å². The molecule has 4 heteroatoms. The molecule has 0 saturated heterocycles. The molecule has 4 nitrogen and oxygen atoms in total. The first-order chi connectivity index (χ1) is 8.79. The number of aromatic nitrogens is 2. The summed E-state index contributed by atoms with van der Waals surface area (Å²) in [6, 6.07) is 7.39. The molecule has 2 aromatic rings. The van der Waals surface area contributed by atoms with Gasteiger partial charge in [-0.15, -0.1) is 0 Å². The van der Waals surface area contributed by atoms with Crippen LogP contribution in [0.15, 0.2) is 36.8 Å². The fourth-order valence-electron chi connectivity index (χ4n) is 2.30. The van der Waals surface area contributed by atoms with Crippen LogP contribution in [0.5, 0.6) is 5.75 Å². The lowest BCUT2D eigenvalue weighted by atomic mass is 9.99. The van der Waals surface area contributed by atoms with Crippen molar-refractivity contribution in [1.29, 1.82) is 0 Å². The number of ether oxygens (including phenoxy) is 1. The number of rotatable bonds is 2. The van der Waals surface area contributed by atoms with Crippen molar-refractivity contribution in [3.63, 3.8) is 0 Å². The van der Waals surface area contributed by atoms with E-state index in [0.29, 0.717) is 17.7 Å². The summed E-state index contributed by atoms with van der Waals surface area (Å²) in [6.07, 6.45) is 3.69. The van der Waals surface area contributed by atoms with E-state index in [9.17, 15) is 4.79 Å². The lowest BCUT2D eigenvalue weighted by Crippen LogP contribution is -2.22. The minimum Gasteiger partial charge on any atom is -0.483 e. The number of hydrogen-bond donors (Lipinski definition) is 0. The minimum absolute atomic E-state index is 0.130. The smallest absolute Gasteiger partial charge is 0.170 e. The van der Waals surface area contributed by atoms with Gasteiger partial charge < -0.3 is 9.30 Å². The molecular formula is C14H14N2O2. The standard InChI is InChI=1S/C14H14N2O2/c1-2-16-9-15-8-11(16)14-7-12(17)10-5-3-4-6-13(10)18-14/h3-6,8-9,14H,2,7H2,1H3. The Balaban J connectivity index is 1.97. The molecular weight excluding hydrogens is 228 g/mol. The number of carbonyl (C=O) groups excluding carboxylic acids is 1. The van der Waals surface area contributed by atoms with Gasteiger partial charge in [-0.3, -0.25) is 4.79 Å². The Morgan fingerprint density at radius 3 is 3.11 bits per heavy atom. The zero-order valence-corrected chi connectivity index (χ0v) is 10.2. The van der Waals surface area contributed by atoms with Gasteiger partial charge in [-0.25, -0.2) is 4.98 Å².